The Morgan fingerprint density at radius 1 is 1.55 bits per heavy atom. The highest BCUT2D eigenvalue weighted by molar-refractivity contribution is 5.66. The van der Waals surface area contributed by atoms with Crippen LogP contribution in [0.5, 0.6) is 0 Å². The van der Waals surface area contributed by atoms with Gasteiger partial charge in [0.25, 0.3) is 0 Å². The fraction of sp³-hybridized carbons (Fsp3) is 0.500. The van der Waals surface area contributed by atoms with Gasteiger partial charge in [0.1, 0.15) is 5.82 Å². The number of hydrogen-bond acceptors (Lipinski definition) is 5. The maximum Gasteiger partial charge on any atom is 0.413 e. The summed E-state index contributed by atoms with van der Waals surface area (Å²) in [5.41, 5.74) is 1.96. The number of rotatable bonds is 4. The molecule has 0 aromatic carbocycles. The summed E-state index contributed by atoms with van der Waals surface area (Å²) in [7, 11) is 0. The standard InChI is InChI=1S/C12H16F3N5O2/c13-12(14,15)10(7-1-2-9(19-16)18-5-7)20(11(21)22)8-3-4-17-6-8/h1-2,5,8,10,17H,3-4,6,16H2,(H,18,19)(H,21,22)/t8?,10-/m0/s1. The molecule has 0 saturated carbocycles. The van der Waals surface area contributed by atoms with Crippen LogP contribution in [0.4, 0.5) is 23.8 Å². The van der Waals surface area contributed by atoms with Crippen molar-refractivity contribution in [1.29, 1.82) is 0 Å². The van der Waals surface area contributed by atoms with Gasteiger partial charge in [0, 0.05) is 24.3 Å². The van der Waals surface area contributed by atoms with E-state index in [-0.39, 0.29) is 17.9 Å². The third kappa shape index (κ3) is 3.39. The normalized spacial score (nSPS) is 19.7. The summed E-state index contributed by atoms with van der Waals surface area (Å²) >= 11 is 0. The van der Waals surface area contributed by atoms with E-state index in [9.17, 15) is 23.1 Å². The summed E-state index contributed by atoms with van der Waals surface area (Å²) in [5, 5.41) is 12.1. The van der Waals surface area contributed by atoms with E-state index < -0.39 is 24.4 Å². The lowest BCUT2D eigenvalue weighted by atomic mass is 10.0. The van der Waals surface area contributed by atoms with Crippen LogP contribution in [0.2, 0.25) is 0 Å². The maximum atomic E-state index is 13.5. The number of carboxylic acid groups (broad SMARTS) is 1. The first-order chi connectivity index (χ1) is 10.3. The monoisotopic (exact) mass is 319 g/mol. The molecule has 122 valence electrons. The van der Waals surface area contributed by atoms with E-state index in [1.165, 1.54) is 12.1 Å². The summed E-state index contributed by atoms with van der Waals surface area (Å²) in [6, 6.07) is -0.578. The molecule has 2 rings (SSSR count). The average Bonchev–Trinajstić information content (AvgIpc) is 2.97. The van der Waals surface area contributed by atoms with E-state index in [1.807, 2.05) is 0 Å². The van der Waals surface area contributed by atoms with Gasteiger partial charge in [-0.3, -0.25) is 4.90 Å². The van der Waals surface area contributed by atoms with E-state index in [1.54, 1.807) is 0 Å². The van der Waals surface area contributed by atoms with Crippen LogP contribution in [0.3, 0.4) is 0 Å². The molecule has 5 N–H and O–H groups in total. The van der Waals surface area contributed by atoms with Crippen LogP contribution in [0.1, 0.15) is 18.0 Å². The lowest BCUT2D eigenvalue weighted by Crippen LogP contribution is -2.48. The number of nitrogens with two attached hydrogens (primary N) is 1. The largest absolute Gasteiger partial charge is 0.465 e. The first-order valence-corrected chi connectivity index (χ1v) is 6.56. The minimum absolute atomic E-state index is 0.189. The number of amides is 1. The molecule has 2 heterocycles. The second-order valence-electron chi connectivity index (χ2n) is 4.90. The zero-order chi connectivity index (χ0) is 16.3. The number of hydrazine groups is 1. The van der Waals surface area contributed by atoms with Crippen molar-refractivity contribution < 1.29 is 23.1 Å². The molecule has 10 heteroatoms. The number of carbonyl (C=O) groups is 1. The fourth-order valence-corrected chi connectivity index (χ4v) is 2.51. The summed E-state index contributed by atoms with van der Waals surface area (Å²) in [5.74, 6) is 5.31. The molecule has 0 spiro atoms. The fourth-order valence-electron chi connectivity index (χ4n) is 2.51. The van der Waals surface area contributed by atoms with Crippen molar-refractivity contribution in [3.05, 3.63) is 23.9 Å². The van der Waals surface area contributed by atoms with Crippen molar-refractivity contribution in [1.82, 2.24) is 15.2 Å². The zero-order valence-corrected chi connectivity index (χ0v) is 11.5. The van der Waals surface area contributed by atoms with E-state index in [2.05, 4.69) is 15.7 Å². The molecule has 1 aliphatic heterocycles. The van der Waals surface area contributed by atoms with Crippen molar-refractivity contribution in [2.45, 2.75) is 24.7 Å². The predicted molar refractivity (Wildman–Crippen MR) is 72.0 cm³/mol. The molecule has 0 radical (unpaired) electrons. The van der Waals surface area contributed by atoms with Crippen molar-refractivity contribution in [3.8, 4) is 0 Å². The van der Waals surface area contributed by atoms with Crippen LogP contribution >= 0.6 is 0 Å². The van der Waals surface area contributed by atoms with Crippen molar-refractivity contribution in [2.75, 3.05) is 18.5 Å². The molecule has 1 amide bonds. The Bertz CT molecular complexity index is 516. The minimum Gasteiger partial charge on any atom is -0.465 e. The quantitative estimate of drug-likeness (QED) is 0.493. The first-order valence-electron chi connectivity index (χ1n) is 6.56. The van der Waals surface area contributed by atoms with Gasteiger partial charge in [-0.05, 0) is 19.0 Å². The Labute approximate surface area is 124 Å². The van der Waals surface area contributed by atoms with Crippen LogP contribution in [0, 0.1) is 0 Å². The number of nitrogens with one attached hydrogen (secondary N) is 2. The van der Waals surface area contributed by atoms with Crippen molar-refractivity contribution in [2.24, 2.45) is 5.84 Å². The highest BCUT2D eigenvalue weighted by Gasteiger charge is 2.49. The molecule has 2 atom stereocenters. The minimum atomic E-state index is -4.75. The van der Waals surface area contributed by atoms with Crippen molar-refractivity contribution >= 4 is 11.9 Å². The molecule has 1 aliphatic rings. The number of nitrogen functional groups attached to an aromatic ring is 1. The SMILES string of the molecule is NNc1ccc([C@H](N(C(=O)O)C2CCNC2)C(F)(F)F)cn1. The summed E-state index contributed by atoms with van der Waals surface area (Å²) in [4.78, 5) is 15.6. The highest BCUT2D eigenvalue weighted by Crippen LogP contribution is 2.39. The number of halogens is 3. The van der Waals surface area contributed by atoms with Gasteiger partial charge in [0.2, 0.25) is 0 Å². The number of aromatic nitrogens is 1. The van der Waals surface area contributed by atoms with Gasteiger partial charge in [-0.25, -0.2) is 15.6 Å². The van der Waals surface area contributed by atoms with Gasteiger partial charge in [-0.2, -0.15) is 13.2 Å². The Hall–Kier alpha value is -2.07. The lowest BCUT2D eigenvalue weighted by molar-refractivity contribution is -0.185. The average molecular weight is 319 g/mol. The van der Waals surface area contributed by atoms with Gasteiger partial charge in [0.15, 0.2) is 6.04 Å². The topological polar surface area (TPSA) is 104 Å². The Morgan fingerprint density at radius 2 is 2.27 bits per heavy atom. The number of hydrogen-bond donors (Lipinski definition) is 4. The van der Waals surface area contributed by atoms with E-state index in [4.69, 9.17) is 5.84 Å². The number of alkyl halides is 3. The molecule has 1 fully saturated rings. The maximum absolute atomic E-state index is 13.5. The number of nitrogens with zero attached hydrogens (tertiary/aromatic N) is 2. The van der Waals surface area contributed by atoms with Gasteiger partial charge >= 0.3 is 12.3 Å². The van der Waals surface area contributed by atoms with Gasteiger partial charge in [0.05, 0.1) is 0 Å². The van der Waals surface area contributed by atoms with E-state index in [0.29, 0.717) is 17.9 Å². The molecule has 1 aromatic heterocycles. The van der Waals surface area contributed by atoms with Crippen LogP contribution in [0.15, 0.2) is 18.3 Å². The Morgan fingerprint density at radius 3 is 2.68 bits per heavy atom. The second kappa shape index (κ2) is 6.36. The van der Waals surface area contributed by atoms with Crippen LogP contribution < -0.4 is 16.6 Å². The van der Waals surface area contributed by atoms with Crippen LogP contribution in [-0.2, 0) is 0 Å². The molecule has 0 bridgehead atoms. The molecular weight excluding hydrogens is 303 g/mol. The van der Waals surface area contributed by atoms with E-state index in [0.717, 1.165) is 6.20 Å². The highest BCUT2D eigenvalue weighted by atomic mass is 19.4. The molecule has 1 unspecified atom stereocenters. The molecule has 22 heavy (non-hydrogen) atoms. The van der Waals surface area contributed by atoms with Gasteiger partial charge < -0.3 is 15.8 Å². The summed E-state index contributed by atoms with van der Waals surface area (Å²) in [6.45, 7) is 0.669. The van der Waals surface area contributed by atoms with Crippen molar-refractivity contribution in [3.63, 3.8) is 0 Å². The first kappa shape index (κ1) is 16.3. The summed E-state index contributed by atoms with van der Waals surface area (Å²) < 4.78 is 40.4. The zero-order valence-electron chi connectivity index (χ0n) is 11.5. The van der Waals surface area contributed by atoms with Crippen LogP contribution in [-0.4, -0.2) is 46.4 Å². The Kier molecular flexibility index (Phi) is 4.71. The molecule has 0 aliphatic carbocycles. The third-order valence-corrected chi connectivity index (χ3v) is 3.49. The lowest BCUT2D eigenvalue weighted by Gasteiger charge is -2.35. The number of anilines is 1. The van der Waals surface area contributed by atoms with Crippen LogP contribution in [0.25, 0.3) is 0 Å². The summed E-state index contributed by atoms with van der Waals surface area (Å²) in [6.07, 6.45) is -5.06. The van der Waals surface area contributed by atoms with Gasteiger partial charge in [-0.1, -0.05) is 6.07 Å². The molecule has 1 aromatic rings. The smallest absolute Gasteiger partial charge is 0.413 e. The molecular formula is C12H16F3N5O2. The Balaban J connectivity index is 2.40. The van der Waals surface area contributed by atoms with Gasteiger partial charge in [-0.15, -0.1) is 0 Å². The number of pyridine rings is 1. The van der Waals surface area contributed by atoms with E-state index >= 15 is 0 Å². The second-order valence-corrected chi connectivity index (χ2v) is 4.90. The third-order valence-electron chi connectivity index (χ3n) is 3.49. The molecule has 1 saturated heterocycles. The molecule has 7 nitrogen and oxygen atoms in total. The predicted octanol–water partition coefficient (Wildman–Crippen LogP) is 1.31.